The molecule has 0 spiro atoms. The molecule has 2 aromatic carbocycles. The number of hydrazone groups is 1. The maximum atomic E-state index is 4.72. The van der Waals surface area contributed by atoms with Gasteiger partial charge in [-0.15, -0.1) is 11.3 Å². The third kappa shape index (κ3) is 3.54. The molecule has 0 fully saturated rings. The summed E-state index contributed by atoms with van der Waals surface area (Å²) in [5, 5.41) is 9.33. The molecule has 122 valence electrons. The molecule has 0 unspecified atom stereocenters. The van der Waals surface area contributed by atoms with Crippen LogP contribution in [-0.2, 0) is 0 Å². The Labute approximate surface area is 147 Å². The Morgan fingerprint density at radius 3 is 2.58 bits per heavy atom. The first-order valence-corrected chi connectivity index (χ1v) is 8.79. The average Bonchev–Trinajstić information content (AvgIpc) is 3.04. The van der Waals surface area contributed by atoms with E-state index in [1.807, 2.05) is 30.4 Å². The van der Waals surface area contributed by atoms with Crippen LogP contribution >= 0.6 is 11.3 Å². The zero-order valence-corrected chi connectivity index (χ0v) is 15.3. The number of anilines is 1. The van der Waals surface area contributed by atoms with Crippen LogP contribution < -0.4 is 5.01 Å². The van der Waals surface area contributed by atoms with Gasteiger partial charge in [0.1, 0.15) is 0 Å². The van der Waals surface area contributed by atoms with E-state index in [1.165, 1.54) is 22.3 Å². The number of hydrogen-bond acceptors (Lipinski definition) is 4. The summed E-state index contributed by atoms with van der Waals surface area (Å²) < 4.78 is 0. The lowest BCUT2D eigenvalue weighted by atomic mass is 10.1. The molecule has 0 aliphatic rings. The van der Waals surface area contributed by atoms with E-state index in [2.05, 4.69) is 61.6 Å². The Hall–Kier alpha value is -2.46. The fraction of sp³-hybridized carbons (Fsp3) is 0.200. The molecule has 3 rings (SSSR count). The number of hydrogen-bond donors (Lipinski definition) is 0. The second-order valence-electron chi connectivity index (χ2n) is 5.96. The van der Waals surface area contributed by atoms with Crippen molar-refractivity contribution in [2.45, 2.75) is 20.8 Å². The summed E-state index contributed by atoms with van der Waals surface area (Å²) in [5.74, 6) is 0. The predicted octanol–water partition coefficient (Wildman–Crippen LogP) is 5.21. The van der Waals surface area contributed by atoms with Gasteiger partial charge in [-0.2, -0.15) is 5.10 Å². The summed E-state index contributed by atoms with van der Waals surface area (Å²) >= 11 is 1.60. The van der Waals surface area contributed by atoms with Crippen LogP contribution in [0.15, 0.2) is 52.9 Å². The van der Waals surface area contributed by atoms with Crippen molar-refractivity contribution in [3.8, 4) is 11.3 Å². The molecular weight excluding hydrogens is 314 g/mol. The van der Waals surface area contributed by atoms with Gasteiger partial charge in [-0.25, -0.2) is 9.99 Å². The van der Waals surface area contributed by atoms with Crippen LogP contribution in [0.5, 0.6) is 0 Å². The van der Waals surface area contributed by atoms with Gasteiger partial charge in [-0.3, -0.25) is 0 Å². The molecule has 0 saturated carbocycles. The summed E-state index contributed by atoms with van der Waals surface area (Å²) in [6, 6.07) is 14.7. The normalized spacial score (nSPS) is 11.2. The standard InChI is InChI=1S/C20H21N3S/c1-14-9-10-17(16(3)11-14)12-21-23(4)20-22-19(13-24-20)18-8-6-5-7-15(18)2/h5-13H,1-4H3/b21-12+. The van der Waals surface area contributed by atoms with E-state index in [9.17, 15) is 0 Å². The van der Waals surface area contributed by atoms with E-state index in [-0.39, 0.29) is 0 Å². The number of rotatable bonds is 4. The van der Waals surface area contributed by atoms with Crippen LogP contribution in [0.25, 0.3) is 11.3 Å². The van der Waals surface area contributed by atoms with Crippen LogP contribution in [0.4, 0.5) is 5.13 Å². The van der Waals surface area contributed by atoms with Gasteiger partial charge in [0.15, 0.2) is 0 Å². The minimum absolute atomic E-state index is 0.884. The lowest BCUT2D eigenvalue weighted by Gasteiger charge is -2.09. The molecule has 0 amide bonds. The van der Waals surface area contributed by atoms with Crippen LogP contribution in [0.3, 0.4) is 0 Å². The van der Waals surface area contributed by atoms with Crippen molar-refractivity contribution in [3.05, 3.63) is 70.1 Å². The molecule has 0 atom stereocenters. The first kappa shape index (κ1) is 16.4. The second kappa shape index (κ2) is 6.97. The Morgan fingerprint density at radius 2 is 1.83 bits per heavy atom. The molecular formula is C20H21N3S. The van der Waals surface area contributed by atoms with Crippen LogP contribution in [0.1, 0.15) is 22.3 Å². The maximum Gasteiger partial charge on any atom is 0.206 e. The van der Waals surface area contributed by atoms with Gasteiger partial charge in [-0.05, 0) is 37.5 Å². The van der Waals surface area contributed by atoms with Crippen molar-refractivity contribution in [1.29, 1.82) is 0 Å². The van der Waals surface area contributed by atoms with Crippen LogP contribution in [0, 0.1) is 20.8 Å². The Morgan fingerprint density at radius 1 is 1.04 bits per heavy atom. The van der Waals surface area contributed by atoms with Crippen molar-refractivity contribution in [1.82, 2.24) is 4.98 Å². The highest BCUT2D eigenvalue weighted by Gasteiger charge is 2.09. The molecule has 0 saturated heterocycles. The van der Waals surface area contributed by atoms with Crippen molar-refractivity contribution in [2.75, 3.05) is 12.1 Å². The first-order chi connectivity index (χ1) is 11.5. The molecule has 24 heavy (non-hydrogen) atoms. The molecule has 3 nitrogen and oxygen atoms in total. The van der Waals surface area contributed by atoms with Gasteiger partial charge in [0.25, 0.3) is 0 Å². The molecule has 0 radical (unpaired) electrons. The van der Waals surface area contributed by atoms with E-state index in [0.29, 0.717) is 0 Å². The van der Waals surface area contributed by atoms with Crippen molar-refractivity contribution in [2.24, 2.45) is 5.10 Å². The summed E-state index contributed by atoms with van der Waals surface area (Å²) in [6.45, 7) is 6.31. The van der Waals surface area contributed by atoms with Crippen LogP contribution in [0.2, 0.25) is 0 Å². The first-order valence-electron chi connectivity index (χ1n) is 7.91. The predicted molar refractivity (Wildman–Crippen MR) is 104 cm³/mol. The number of thiazole rings is 1. The highest BCUT2D eigenvalue weighted by atomic mass is 32.1. The van der Waals surface area contributed by atoms with Gasteiger partial charge in [0.2, 0.25) is 5.13 Å². The van der Waals surface area contributed by atoms with E-state index >= 15 is 0 Å². The Bertz CT molecular complexity index is 880. The van der Waals surface area contributed by atoms with Gasteiger partial charge in [0, 0.05) is 18.0 Å². The molecule has 1 heterocycles. The van der Waals surface area contributed by atoms with Crippen molar-refractivity contribution in [3.63, 3.8) is 0 Å². The van der Waals surface area contributed by atoms with Crippen molar-refractivity contribution >= 4 is 22.7 Å². The molecule has 0 N–H and O–H groups in total. The highest BCUT2D eigenvalue weighted by molar-refractivity contribution is 7.14. The third-order valence-corrected chi connectivity index (χ3v) is 4.89. The average molecular weight is 335 g/mol. The SMILES string of the molecule is Cc1ccc(/C=N/N(C)c2nc(-c3ccccc3C)cs2)c(C)c1. The third-order valence-electron chi connectivity index (χ3n) is 3.99. The quantitative estimate of drug-likeness (QED) is 0.484. The summed E-state index contributed by atoms with van der Waals surface area (Å²) in [7, 11) is 1.93. The topological polar surface area (TPSA) is 28.5 Å². The monoisotopic (exact) mass is 335 g/mol. The van der Waals surface area contributed by atoms with Gasteiger partial charge in [0.05, 0.1) is 11.9 Å². The lowest BCUT2D eigenvalue weighted by molar-refractivity contribution is 1.01. The maximum absolute atomic E-state index is 4.72. The number of nitrogens with zero attached hydrogens (tertiary/aromatic N) is 3. The van der Waals surface area contributed by atoms with E-state index in [1.54, 1.807) is 11.3 Å². The van der Waals surface area contributed by atoms with E-state index < -0.39 is 0 Å². The minimum atomic E-state index is 0.884. The molecule has 4 heteroatoms. The minimum Gasteiger partial charge on any atom is -0.242 e. The van der Waals surface area contributed by atoms with Crippen molar-refractivity contribution < 1.29 is 0 Å². The molecule has 0 bridgehead atoms. The molecule has 0 aliphatic heterocycles. The van der Waals surface area contributed by atoms with Gasteiger partial charge in [-0.1, -0.05) is 48.0 Å². The highest BCUT2D eigenvalue weighted by Crippen LogP contribution is 2.28. The summed E-state index contributed by atoms with van der Waals surface area (Å²) in [5.41, 5.74) is 7.03. The zero-order chi connectivity index (χ0) is 17.1. The summed E-state index contributed by atoms with van der Waals surface area (Å²) in [6.07, 6.45) is 1.89. The number of aromatic nitrogens is 1. The molecule has 1 aromatic heterocycles. The smallest absolute Gasteiger partial charge is 0.206 e. The van der Waals surface area contributed by atoms with Crippen LogP contribution in [-0.4, -0.2) is 18.2 Å². The van der Waals surface area contributed by atoms with E-state index in [0.717, 1.165) is 16.4 Å². The number of benzene rings is 2. The Kier molecular flexibility index (Phi) is 4.76. The zero-order valence-electron chi connectivity index (χ0n) is 14.4. The fourth-order valence-corrected chi connectivity index (χ4v) is 3.31. The molecule has 3 aromatic rings. The van der Waals surface area contributed by atoms with Gasteiger partial charge >= 0.3 is 0 Å². The van der Waals surface area contributed by atoms with Gasteiger partial charge < -0.3 is 0 Å². The molecule has 0 aliphatic carbocycles. The second-order valence-corrected chi connectivity index (χ2v) is 6.80. The summed E-state index contributed by atoms with van der Waals surface area (Å²) in [4.78, 5) is 4.72. The largest absolute Gasteiger partial charge is 0.242 e. The lowest BCUT2D eigenvalue weighted by Crippen LogP contribution is -2.08. The van der Waals surface area contributed by atoms with E-state index in [4.69, 9.17) is 4.98 Å². The fourth-order valence-electron chi connectivity index (χ4n) is 2.57. The Balaban J connectivity index is 1.80. The number of aryl methyl sites for hydroxylation is 3.